The van der Waals surface area contributed by atoms with Crippen molar-refractivity contribution in [2.24, 2.45) is 0 Å². The monoisotopic (exact) mass is 291 g/mol. The largest absolute Gasteiger partial charge is 0.335 e. The molecule has 1 aromatic heterocycles. The van der Waals surface area contributed by atoms with Crippen LogP contribution in [0, 0.1) is 4.64 Å². The minimum absolute atomic E-state index is 0.0408. The number of aromatic amines is 1. The van der Waals surface area contributed by atoms with E-state index >= 15 is 0 Å². The number of aromatic nitrogens is 1. The summed E-state index contributed by atoms with van der Waals surface area (Å²) in [5, 5.41) is -0.386. The van der Waals surface area contributed by atoms with Crippen molar-refractivity contribution >= 4 is 56.9 Å². The average Bonchev–Trinajstić information content (AvgIpc) is 2.06. The minimum Gasteiger partial charge on any atom is -0.335 e. The van der Waals surface area contributed by atoms with Crippen molar-refractivity contribution in [2.75, 3.05) is 6.26 Å². The summed E-state index contributed by atoms with van der Waals surface area (Å²) in [7, 11) is -3.49. The fourth-order valence-corrected chi connectivity index (χ4v) is 2.80. The summed E-state index contributed by atoms with van der Waals surface area (Å²) in [5.74, 6) is 0. The molecule has 1 aromatic rings. The molecule has 0 bridgehead atoms. The van der Waals surface area contributed by atoms with Gasteiger partial charge in [-0.25, -0.2) is 8.42 Å². The third-order valence-corrected chi connectivity index (χ3v) is 4.29. The van der Waals surface area contributed by atoms with E-state index in [9.17, 15) is 8.42 Å². The van der Waals surface area contributed by atoms with Gasteiger partial charge in [-0.15, -0.1) is 0 Å². The van der Waals surface area contributed by atoms with Gasteiger partial charge in [-0.05, 0) is 0 Å². The number of H-pyrrole nitrogens is 1. The van der Waals surface area contributed by atoms with E-state index in [1.54, 1.807) is 0 Å². The second kappa shape index (κ2) is 3.98. The van der Waals surface area contributed by atoms with Gasteiger partial charge in [0.2, 0.25) is 0 Å². The topological polar surface area (TPSA) is 49.9 Å². The first kappa shape index (κ1) is 12.3. The second-order valence-corrected chi connectivity index (χ2v) is 5.99. The Morgan fingerprint density at radius 3 is 2.07 bits per heavy atom. The average molecular weight is 293 g/mol. The summed E-state index contributed by atoms with van der Waals surface area (Å²) in [6, 6.07) is 0. The van der Waals surface area contributed by atoms with Crippen molar-refractivity contribution in [2.45, 2.75) is 5.03 Å². The van der Waals surface area contributed by atoms with Gasteiger partial charge in [-0.3, -0.25) is 0 Å². The van der Waals surface area contributed by atoms with Gasteiger partial charge in [0.05, 0.1) is 15.1 Å². The van der Waals surface area contributed by atoms with E-state index in [4.69, 9.17) is 47.0 Å². The molecule has 78 valence electrons. The Morgan fingerprint density at radius 2 is 1.64 bits per heavy atom. The minimum atomic E-state index is -3.49. The van der Waals surface area contributed by atoms with Gasteiger partial charge >= 0.3 is 0 Å². The zero-order valence-corrected chi connectivity index (χ0v) is 10.7. The molecule has 0 amide bonds. The smallest absolute Gasteiger partial charge is 0.192 e. The molecule has 0 aromatic carbocycles. The van der Waals surface area contributed by atoms with Gasteiger partial charge < -0.3 is 4.98 Å². The molecule has 0 aliphatic carbocycles. The number of sulfone groups is 1. The third kappa shape index (κ3) is 2.23. The molecule has 14 heavy (non-hydrogen) atoms. The number of hydrogen-bond acceptors (Lipinski definition) is 3. The Hall–Kier alpha value is 0.190. The predicted molar refractivity (Wildman–Crippen MR) is 59.8 cm³/mol. The van der Waals surface area contributed by atoms with Crippen LogP contribution < -0.4 is 0 Å². The van der Waals surface area contributed by atoms with Crippen molar-refractivity contribution in [1.29, 1.82) is 0 Å². The predicted octanol–water partition coefficient (Wildman–Crippen LogP) is 3.11. The number of hydrogen-bond donors (Lipinski definition) is 1. The molecule has 0 unspecified atom stereocenters. The Balaban J connectivity index is 3.75. The van der Waals surface area contributed by atoms with Gasteiger partial charge in [-0.1, -0.05) is 47.0 Å². The summed E-state index contributed by atoms with van der Waals surface area (Å²) < 4.78 is 22.5. The van der Waals surface area contributed by atoms with Crippen LogP contribution in [-0.2, 0) is 9.84 Å². The lowest BCUT2D eigenvalue weighted by Gasteiger charge is -2.05. The number of pyridine rings is 1. The zero-order chi connectivity index (χ0) is 11.1. The van der Waals surface area contributed by atoms with Crippen LogP contribution >= 0.6 is 47.0 Å². The highest BCUT2D eigenvalue weighted by Gasteiger charge is 2.18. The van der Waals surface area contributed by atoms with Crippen LogP contribution in [0.2, 0.25) is 15.1 Å². The van der Waals surface area contributed by atoms with Crippen molar-refractivity contribution in [3.8, 4) is 0 Å². The zero-order valence-electron chi connectivity index (χ0n) is 6.77. The molecule has 0 spiro atoms. The van der Waals surface area contributed by atoms with E-state index in [1.165, 1.54) is 0 Å². The van der Waals surface area contributed by atoms with Crippen molar-refractivity contribution in [1.82, 2.24) is 4.98 Å². The summed E-state index contributed by atoms with van der Waals surface area (Å²) in [6.07, 6.45) is 0.990. The van der Waals surface area contributed by atoms with Crippen LogP contribution in [0.1, 0.15) is 0 Å². The van der Waals surface area contributed by atoms with Crippen LogP contribution in [0.3, 0.4) is 0 Å². The molecule has 1 N–H and O–H groups in total. The standard InChI is InChI=1S/C6H4Cl3NO2S2/c1-14(11,12)6-4(9)2(7)3(8)5(13)10-6/h1H3,(H,10,13). The fourth-order valence-electron chi connectivity index (χ4n) is 0.764. The highest BCUT2D eigenvalue weighted by atomic mass is 35.5. The van der Waals surface area contributed by atoms with Crippen molar-refractivity contribution in [3.05, 3.63) is 19.7 Å². The van der Waals surface area contributed by atoms with E-state index in [0.29, 0.717) is 0 Å². The van der Waals surface area contributed by atoms with E-state index in [2.05, 4.69) is 4.98 Å². The molecule has 3 nitrogen and oxygen atoms in total. The lowest BCUT2D eigenvalue weighted by atomic mass is 10.5. The summed E-state index contributed by atoms with van der Waals surface area (Å²) in [6.45, 7) is 0. The van der Waals surface area contributed by atoms with Crippen molar-refractivity contribution in [3.63, 3.8) is 0 Å². The summed E-state index contributed by atoms with van der Waals surface area (Å²) in [4.78, 5) is 2.40. The maximum atomic E-state index is 11.2. The van der Waals surface area contributed by atoms with E-state index in [-0.39, 0.29) is 24.7 Å². The molecule has 0 saturated carbocycles. The molecule has 0 fully saturated rings. The number of rotatable bonds is 1. The first-order chi connectivity index (χ1) is 6.25. The Morgan fingerprint density at radius 1 is 1.14 bits per heavy atom. The van der Waals surface area contributed by atoms with Crippen LogP contribution in [0.5, 0.6) is 0 Å². The Kier molecular flexibility index (Phi) is 3.49. The molecule has 1 heterocycles. The van der Waals surface area contributed by atoms with Gasteiger partial charge in [-0.2, -0.15) is 0 Å². The normalized spacial score (nSPS) is 11.7. The number of nitrogens with one attached hydrogen (secondary N) is 1. The maximum Gasteiger partial charge on any atom is 0.192 e. The van der Waals surface area contributed by atoms with Crippen LogP contribution in [0.15, 0.2) is 5.03 Å². The lowest BCUT2D eigenvalue weighted by Crippen LogP contribution is -2.02. The molecule has 0 atom stereocenters. The molecule has 0 aliphatic heterocycles. The molecule has 0 aliphatic rings. The van der Waals surface area contributed by atoms with Gasteiger partial charge in [0.1, 0.15) is 4.64 Å². The second-order valence-electron chi connectivity index (χ2n) is 2.50. The van der Waals surface area contributed by atoms with E-state index < -0.39 is 9.84 Å². The van der Waals surface area contributed by atoms with E-state index in [0.717, 1.165) is 6.26 Å². The molecule has 0 saturated heterocycles. The van der Waals surface area contributed by atoms with Crippen LogP contribution in [0.4, 0.5) is 0 Å². The van der Waals surface area contributed by atoms with Gasteiger partial charge in [0.15, 0.2) is 14.9 Å². The third-order valence-electron chi connectivity index (χ3n) is 1.38. The van der Waals surface area contributed by atoms with Gasteiger partial charge in [0, 0.05) is 6.26 Å². The molecule has 8 heteroatoms. The quantitative estimate of drug-likeness (QED) is 0.809. The van der Waals surface area contributed by atoms with Crippen LogP contribution in [0.25, 0.3) is 0 Å². The maximum absolute atomic E-state index is 11.2. The molecular formula is C6H4Cl3NO2S2. The molecule has 0 radical (unpaired) electrons. The highest BCUT2D eigenvalue weighted by Crippen LogP contribution is 2.33. The van der Waals surface area contributed by atoms with Gasteiger partial charge in [0.25, 0.3) is 0 Å². The van der Waals surface area contributed by atoms with E-state index in [1.807, 2.05) is 0 Å². The summed E-state index contributed by atoms with van der Waals surface area (Å²) in [5.41, 5.74) is 0. The van der Waals surface area contributed by atoms with Crippen molar-refractivity contribution < 1.29 is 8.42 Å². The summed E-state index contributed by atoms with van der Waals surface area (Å²) >= 11 is 21.8. The first-order valence-electron chi connectivity index (χ1n) is 3.22. The fraction of sp³-hybridized carbons (Fsp3) is 0.167. The number of halogens is 3. The SMILES string of the molecule is CS(=O)(=O)c1[nH]c(=S)c(Cl)c(Cl)c1Cl. The Labute approximate surface area is 101 Å². The molecular weight excluding hydrogens is 289 g/mol. The highest BCUT2D eigenvalue weighted by molar-refractivity contribution is 7.90. The molecule has 1 rings (SSSR count). The first-order valence-corrected chi connectivity index (χ1v) is 6.65. The Bertz CT molecular complexity index is 535. The van der Waals surface area contributed by atoms with Crippen LogP contribution in [-0.4, -0.2) is 19.7 Å². The lowest BCUT2D eigenvalue weighted by molar-refractivity contribution is 0.598.